The SMILES string of the molecule is c1ccc(-c2nc(-c3ccccc3-c3cnc4c(c3)C3(c5ccccc5Oc5c3ccc3c5Oc5ccccc5N3c3cccc5ccccc35)c3cccnc3-4)nc3ccccc23)cc1. The van der Waals surface area contributed by atoms with E-state index in [-0.39, 0.29) is 0 Å². The van der Waals surface area contributed by atoms with Gasteiger partial charge in [0.2, 0.25) is 0 Å². The van der Waals surface area contributed by atoms with Crippen molar-refractivity contribution in [3.05, 3.63) is 235 Å². The second-order valence-electron chi connectivity index (χ2n) is 16.9. The number of para-hydroxylation sites is 4. The molecule has 1 spiro atoms. The van der Waals surface area contributed by atoms with Gasteiger partial charge in [0.25, 0.3) is 0 Å². The van der Waals surface area contributed by atoms with E-state index < -0.39 is 5.41 Å². The number of ether oxygens (including phenoxy) is 2. The quantitative estimate of drug-likeness (QED) is 0.175. The predicted octanol–water partition coefficient (Wildman–Crippen LogP) is 14.6. The van der Waals surface area contributed by atoms with Gasteiger partial charge in [0, 0.05) is 56.5 Å². The van der Waals surface area contributed by atoms with E-state index in [1.807, 2.05) is 67.0 Å². The van der Waals surface area contributed by atoms with Gasteiger partial charge >= 0.3 is 0 Å². The van der Waals surface area contributed by atoms with Crippen LogP contribution in [0.5, 0.6) is 23.0 Å². The molecule has 0 bridgehead atoms. The smallest absolute Gasteiger partial charge is 0.194 e. The van der Waals surface area contributed by atoms with Crippen molar-refractivity contribution in [2.24, 2.45) is 0 Å². The third-order valence-corrected chi connectivity index (χ3v) is 13.4. The zero-order valence-electron chi connectivity index (χ0n) is 35.3. The Morgan fingerprint density at radius 3 is 2.03 bits per heavy atom. The van der Waals surface area contributed by atoms with Gasteiger partial charge in [-0.25, -0.2) is 9.97 Å². The number of fused-ring (bicyclic) bond motifs is 14. The lowest BCUT2D eigenvalue weighted by atomic mass is 9.66. The second kappa shape index (κ2) is 14.0. The van der Waals surface area contributed by atoms with Gasteiger partial charge < -0.3 is 14.4 Å². The van der Waals surface area contributed by atoms with Crippen LogP contribution in [-0.4, -0.2) is 19.9 Å². The van der Waals surface area contributed by atoms with Crippen LogP contribution in [0.25, 0.3) is 66.8 Å². The minimum atomic E-state index is -0.874. The molecule has 0 fully saturated rings. The summed E-state index contributed by atoms with van der Waals surface area (Å²) in [6.07, 6.45) is 3.82. The molecule has 0 N–H and O–H groups in total. The van der Waals surface area contributed by atoms with Gasteiger partial charge in [-0.1, -0.05) is 152 Å². The van der Waals surface area contributed by atoms with Crippen LogP contribution >= 0.6 is 0 Å². The molecule has 7 heteroatoms. The van der Waals surface area contributed by atoms with Crippen molar-refractivity contribution < 1.29 is 9.47 Å². The summed E-state index contributed by atoms with van der Waals surface area (Å²) in [4.78, 5) is 23.2. The molecule has 8 aromatic carbocycles. The van der Waals surface area contributed by atoms with E-state index in [1.54, 1.807) is 0 Å². The number of anilines is 3. The lowest BCUT2D eigenvalue weighted by molar-refractivity contribution is 0.391. The maximum Gasteiger partial charge on any atom is 0.194 e. The first-order valence-electron chi connectivity index (χ1n) is 22.1. The van der Waals surface area contributed by atoms with Crippen LogP contribution in [0.1, 0.15) is 22.3 Å². The van der Waals surface area contributed by atoms with E-state index >= 15 is 0 Å². The average molecular weight is 846 g/mol. The molecule has 3 aromatic heterocycles. The predicted molar refractivity (Wildman–Crippen MR) is 261 cm³/mol. The highest BCUT2D eigenvalue weighted by atomic mass is 16.5. The summed E-state index contributed by atoms with van der Waals surface area (Å²) < 4.78 is 14.2. The molecule has 1 unspecified atom stereocenters. The fourth-order valence-corrected chi connectivity index (χ4v) is 10.6. The van der Waals surface area contributed by atoms with Crippen molar-refractivity contribution in [2.45, 2.75) is 5.41 Å². The molecule has 5 heterocycles. The van der Waals surface area contributed by atoms with Crippen molar-refractivity contribution in [2.75, 3.05) is 4.90 Å². The van der Waals surface area contributed by atoms with Gasteiger partial charge in [0.15, 0.2) is 23.1 Å². The van der Waals surface area contributed by atoms with Crippen molar-refractivity contribution in [1.82, 2.24) is 19.9 Å². The van der Waals surface area contributed by atoms with Crippen LogP contribution < -0.4 is 14.4 Å². The summed E-state index contributed by atoms with van der Waals surface area (Å²) in [5, 5.41) is 3.29. The highest BCUT2D eigenvalue weighted by molar-refractivity contribution is 6.02. The molecule has 1 atom stereocenters. The summed E-state index contributed by atoms with van der Waals surface area (Å²) in [7, 11) is 0. The molecule has 308 valence electrons. The van der Waals surface area contributed by atoms with E-state index in [1.165, 1.54) is 0 Å². The van der Waals surface area contributed by atoms with Crippen LogP contribution in [0.2, 0.25) is 0 Å². The second-order valence-corrected chi connectivity index (χ2v) is 16.9. The third kappa shape index (κ3) is 5.13. The van der Waals surface area contributed by atoms with E-state index in [4.69, 9.17) is 29.4 Å². The Morgan fingerprint density at radius 1 is 0.409 bits per heavy atom. The van der Waals surface area contributed by atoms with E-state index in [2.05, 4.69) is 150 Å². The molecule has 14 rings (SSSR count). The van der Waals surface area contributed by atoms with Crippen molar-refractivity contribution >= 4 is 38.7 Å². The first kappa shape index (κ1) is 36.5. The minimum absolute atomic E-state index is 0.643. The zero-order valence-corrected chi connectivity index (χ0v) is 35.3. The average Bonchev–Trinajstić information content (AvgIpc) is 3.67. The number of hydrogen-bond acceptors (Lipinski definition) is 7. The maximum atomic E-state index is 7.14. The highest BCUT2D eigenvalue weighted by Crippen LogP contribution is 2.66. The fraction of sp³-hybridized carbons (Fsp3) is 0.0169. The lowest BCUT2D eigenvalue weighted by Gasteiger charge is -2.41. The number of nitrogens with zero attached hydrogens (tertiary/aromatic N) is 5. The first-order valence-corrected chi connectivity index (χ1v) is 22.1. The van der Waals surface area contributed by atoms with E-state index in [0.717, 1.165) is 112 Å². The Bertz CT molecular complexity index is 3810. The summed E-state index contributed by atoms with van der Waals surface area (Å²) in [6, 6.07) is 69.4. The molecule has 0 radical (unpaired) electrons. The first-order chi connectivity index (χ1) is 32.7. The molecule has 0 saturated carbocycles. The monoisotopic (exact) mass is 845 g/mol. The lowest BCUT2D eigenvalue weighted by Crippen LogP contribution is -2.33. The molecule has 0 amide bonds. The normalized spacial score (nSPS) is 14.9. The van der Waals surface area contributed by atoms with E-state index in [0.29, 0.717) is 17.3 Å². The van der Waals surface area contributed by atoms with Crippen LogP contribution in [0, 0.1) is 0 Å². The number of benzene rings is 8. The largest absolute Gasteiger partial charge is 0.453 e. The number of pyridine rings is 2. The number of aromatic nitrogens is 4. The molecule has 11 aromatic rings. The number of rotatable bonds is 4. The summed E-state index contributed by atoms with van der Waals surface area (Å²) in [5.41, 5.74) is 13.3. The minimum Gasteiger partial charge on any atom is -0.453 e. The van der Waals surface area contributed by atoms with Gasteiger partial charge in [0.05, 0.1) is 45.1 Å². The van der Waals surface area contributed by atoms with Crippen LogP contribution in [-0.2, 0) is 5.41 Å². The third-order valence-electron chi connectivity index (χ3n) is 13.4. The van der Waals surface area contributed by atoms with Gasteiger partial charge in [-0.15, -0.1) is 0 Å². The summed E-state index contributed by atoms with van der Waals surface area (Å²) in [5.74, 6) is 3.42. The van der Waals surface area contributed by atoms with Gasteiger partial charge in [-0.3, -0.25) is 9.97 Å². The van der Waals surface area contributed by atoms with Crippen molar-refractivity contribution in [3.63, 3.8) is 0 Å². The highest BCUT2D eigenvalue weighted by Gasteiger charge is 2.54. The Morgan fingerprint density at radius 2 is 1.11 bits per heavy atom. The van der Waals surface area contributed by atoms with Crippen molar-refractivity contribution in [3.8, 4) is 68.2 Å². The molecule has 2 aliphatic heterocycles. The Hall–Kier alpha value is -8.94. The number of hydrogen-bond donors (Lipinski definition) is 0. The van der Waals surface area contributed by atoms with Gasteiger partial charge in [-0.05, 0) is 65.0 Å². The topological polar surface area (TPSA) is 73.3 Å². The Kier molecular flexibility index (Phi) is 7.77. The molecular weight excluding hydrogens is 811 g/mol. The molecule has 3 aliphatic rings. The maximum absolute atomic E-state index is 7.14. The summed E-state index contributed by atoms with van der Waals surface area (Å²) >= 11 is 0. The van der Waals surface area contributed by atoms with E-state index in [9.17, 15) is 0 Å². The standard InChI is InChI=1S/C59H35N5O2/c1-2-17-37(18-3-1)53-42-23-8-10-26-47(42)62-58(63-53)41-22-7-6-20-39(41)38-34-46-55(61-35-38)54-44(25-15-33-60-54)59(46)43-24-9-12-29-51(43)65-56-45(59)31-32-50-57(56)66-52-30-13-11-27-49(52)64(50)48-28-14-19-36-16-4-5-21-40(36)48/h1-35H. The molecule has 7 nitrogen and oxygen atoms in total. The Labute approximate surface area is 379 Å². The molecule has 1 aliphatic carbocycles. The fourth-order valence-electron chi connectivity index (χ4n) is 10.6. The molecular formula is C59H35N5O2. The van der Waals surface area contributed by atoms with Crippen molar-refractivity contribution in [1.29, 1.82) is 0 Å². The van der Waals surface area contributed by atoms with Crippen LogP contribution in [0.4, 0.5) is 17.1 Å². The molecule has 0 saturated heterocycles. The van der Waals surface area contributed by atoms with Gasteiger partial charge in [0.1, 0.15) is 5.75 Å². The van der Waals surface area contributed by atoms with Crippen LogP contribution in [0.3, 0.4) is 0 Å². The zero-order chi connectivity index (χ0) is 43.3. The molecule has 66 heavy (non-hydrogen) atoms. The summed E-state index contributed by atoms with van der Waals surface area (Å²) in [6.45, 7) is 0. The Balaban J connectivity index is 1.01. The van der Waals surface area contributed by atoms with Crippen LogP contribution in [0.15, 0.2) is 213 Å². The van der Waals surface area contributed by atoms with Gasteiger partial charge in [-0.2, -0.15) is 0 Å².